The standard InChI is InChI=1S/C13H19NO/c1-4-13(11(2)3)14-15-10-12-8-6-5-7-9-12/h5-9,11H,4,10H2,1-3H3/b14-13-. The third-order valence-electron chi connectivity index (χ3n) is 2.28. The Bertz CT molecular complexity index is 304. The molecule has 0 fully saturated rings. The fourth-order valence-electron chi connectivity index (χ4n) is 1.34. The second-order valence-corrected chi connectivity index (χ2v) is 3.85. The van der Waals surface area contributed by atoms with E-state index in [1.54, 1.807) is 0 Å². The first kappa shape index (κ1) is 11.8. The summed E-state index contributed by atoms with van der Waals surface area (Å²) in [6, 6.07) is 10.1. The van der Waals surface area contributed by atoms with Crippen molar-refractivity contribution in [1.29, 1.82) is 0 Å². The van der Waals surface area contributed by atoms with Crippen molar-refractivity contribution in [3.05, 3.63) is 35.9 Å². The minimum Gasteiger partial charge on any atom is -0.391 e. The van der Waals surface area contributed by atoms with Crippen molar-refractivity contribution >= 4 is 5.71 Å². The predicted octanol–water partition coefficient (Wildman–Crippen LogP) is 3.63. The van der Waals surface area contributed by atoms with E-state index in [1.807, 2.05) is 30.3 Å². The van der Waals surface area contributed by atoms with Crippen LogP contribution in [0.5, 0.6) is 0 Å². The molecule has 0 aliphatic rings. The fourth-order valence-corrected chi connectivity index (χ4v) is 1.34. The highest BCUT2D eigenvalue weighted by atomic mass is 16.6. The quantitative estimate of drug-likeness (QED) is 0.531. The average molecular weight is 205 g/mol. The van der Waals surface area contributed by atoms with Gasteiger partial charge in [0.15, 0.2) is 0 Å². The van der Waals surface area contributed by atoms with Crippen LogP contribution in [0.2, 0.25) is 0 Å². The molecule has 0 atom stereocenters. The predicted molar refractivity (Wildman–Crippen MR) is 63.8 cm³/mol. The van der Waals surface area contributed by atoms with Gasteiger partial charge in [-0.2, -0.15) is 0 Å². The molecule has 15 heavy (non-hydrogen) atoms. The Morgan fingerprint density at radius 1 is 1.27 bits per heavy atom. The van der Waals surface area contributed by atoms with Crippen molar-refractivity contribution in [2.45, 2.75) is 33.8 Å². The van der Waals surface area contributed by atoms with E-state index in [0.717, 1.165) is 17.7 Å². The molecule has 0 spiro atoms. The van der Waals surface area contributed by atoms with Crippen LogP contribution in [-0.2, 0) is 11.4 Å². The maximum Gasteiger partial charge on any atom is 0.142 e. The lowest BCUT2D eigenvalue weighted by atomic mass is 10.1. The van der Waals surface area contributed by atoms with Crippen molar-refractivity contribution in [2.24, 2.45) is 11.1 Å². The van der Waals surface area contributed by atoms with Gasteiger partial charge in [-0.05, 0) is 17.9 Å². The highest BCUT2D eigenvalue weighted by molar-refractivity contribution is 5.85. The maximum atomic E-state index is 5.32. The first-order chi connectivity index (χ1) is 7.24. The molecule has 0 saturated heterocycles. The van der Waals surface area contributed by atoms with E-state index in [2.05, 4.69) is 25.9 Å². The third-order valence-corrected chi connectivity index (χ3v) is 2.28. The molecule has 2 heteroatoms. The minimum atomic E-state index is 0.464. The fraction of sp³-hybridized carbons (Fsp3) is 0.462. The average Bonchev–Trinajstić information content (AvgIpc) is 2.25. The normalized spacial score (nSPS) is 11.9. The van der Waals surface area contributed by atoms with E-state index in [1.165, 1.54) is 0 Å². The van der Waals surface area contributed by atoms with Crippen LogP contribution in [0.15, 0.2) is 35.5 Å². The second-order valence-electron chi connectivity index (χ2n) is 3.85. The van der Waals surface area contributed by atoms with Crippen LogP contribution in [0.1, 0.15) is 32.8 Å². The van der Waals surface area contributed by atoms with Gasteiger partial charge in [0.05, 0.1) is 5.71 Å². The van der Waals surface area contributed by atoms with Crippen LogP contribution in [-0.4, -0.2) is 5.71 Å². The Morgan fingerprint density at radius 3 is 2.47 bits per heavy atom. The van der Waals surface area contributed by atoms with Gasteiger partial charge in [-0.15, -0.1) is 0 Å². The lowest BCUT2D eigenvalue weighted by Gasteiger charge is -2.07. The van der Waals surface area contributed by atoms with E-state index in [4.69, 9.17) is 4.84 Å². The number of benzene rings is 1. The molecule has 0 saturated carbocycles. The molecule has 0 amide bonds. The van der Waals surface area contributed by atoms with Gasteiger partial charge in [-0.3, -0.25) is 0 Å². The summed E-state index contributed by atoms with van der Waals surface area (Å²) >= 11 is 0. The van der Waals surface area contributed by atoms with Crippen LogP contribution in [0, 0.1) is 5.92 Å². The van der Waals surface area contributed by atoms with Crippen LogP contribution in [0.4, 0.5) is 0 Å². The van der Waals surface area contributed by atoms with Gasteiger partial charge in [0.25, 0.3) is 0 Å². The Balaban J connectivity index is 2.44. The summed E-state index contributed by atoms with van der Waals surface area (Å²) in [7, 11) is 0. The molecule has 1 aromatic rings. The summed E-state index contributed by atoms with van der Waals surface area (Å²) in [5.41, 5.74) is 2.27. The Kier molecular flexibility index (Phi) is 4.88. The van der Waals surface area contributed by atoms with Crippen molar-refractivity contribution < 1.29 is 4.84 Å². The van der Waals surface area contributed by atoms with Crippen LogP contribution >= 0.6 is 0 Å². The topological polar surface area (TPSA) is 21.6 Å². The largest absolute Gasteiger partial charge is 0.391 e. The number of oxime groups is 1. The first-order valence-electron chi connectivity index (χ1n) is 5.46. The van der Waals surface area contributed by atoms with Gasteiger partial charge >= 0.3 is 0 Å². The molecule has 1 rings (SSSR count). The van der Waals surface area contributed by atoms with E-state index in [9.17, 15) is 0 Å². The molecule has 1 aromatic carbocycles. The van der Waals surface area contributed by atoms with Gasteiger partial charge in [-0.1, -0.05) is 56.3 Å². The van der Waals surface area contributed by atoms with Crippen molar-refractivity contribution in [3.8, 4) is 0 Å². The van der Waals surface area contributed by atoms with Crippen molar-refractivity contribution in [3.63, 3.8) is 0 Å². The second kappa shape index (κ2) is 6.23. The summed E-state index contributed by atoms with van der Waals surface area (Å²) in [5.74, 6) is 0.464. The summed E-state index contributed by atoms with van der Waals surface area (Å²) in [4.78, 5) is 5.32. The zero-order chi connectivity index (χ0) is 11.1. The third kappa shape index (κ3) is 4.15. The molecular weight excluding hydrogens is 186 g/mol. The van der Waals surface area contributed by atoms with Crippen LogP contribution < -0.4 is 0 Å². The maximum absolute atomic E-state index is 5.32. The molecule has 0 aromatic heterocycles. The number of nitrogens with zero attached hydrogens (tertiary/aromatic N) is 1. The molecule has 0 N–H and O–H groups in total. The monoisotopic (exact) mass is 205 g/mol. The molecule has 0 radical (unpaired) electrons. The lowest BCUT2D eigenvalue weighted by molar-refractivity contribution is 0.128. The SMILES string of the molecule is CC/C(=N/OCc1ccccc1)C(C)C. The smallest absolute Gasteiger partial charge is 0.142 e. The highest BCUT2D eigenvalue weighted by Crippen LogP contribution is 2.05. The van der Waals surface area contributed by atoms with Gasteiger partial charge in [0.1, 0.15) is 6.61 Å². The van der Waals surface area contributed by atoms with E-state index in [-0.39, 0.29) is 0 Å². The van der Waals surface area contributed by atoms with Gasteiger partial charge < -0.3 is 4.84 Å². The van der Waals surface area contributed by atoms with Crippen molar-refractivity contribution in [2.75, 3.05) is 0 Å². The van der Waals surface area contributed by atoms with Crippen LogP contribution in [0.3, 0.4) is 0 Å². The molecule has 0 unspecified atom stereocenters. The van der Waals surface area contributed by atoms with E-state index < -0.39 is 0 Å². The highest BCUT2D eigenvalue weighted by Gasteiger charge is 2.02. The van der Waals surface area contributed by atoms with Crippen LogP contribution in [0.25, 0.3) is 0 Å². The summed E-state index contributed by atoms with van der Waals surface area (Å²) < 4.78 is 0. The Labute approximate surface area is 91.9 Å². The number of hydrogen-bond acceptors (Lipinski definition) is 2. The summed E-state index contributed by atoms with van der Waals surface area (Å²) in [6.07, 6.45) is 0.951. The van der Waals surface area contributed by atoms with Gasteiger partial charge in [0, 0.05) is 0 Å². The summed E-state index contributed by atoms with van der Waals surface area (Å²) in [6.45, 7) is 6.92. The zero-order valence-corrected chi connectivity index (χ0v) is 9.73. The Morgan fingerprint density at radius 2 is 1.93 bits per heavy atom. The molecule has 0 heterocycles. The van der Waals surface area contributed by atoms with Crippen molar-refractivity contribution in [1.82, 2.24) is 0 Å². The lowest BCUT2D eigenvalue weighted by Crippen LogP contribution is -2.06. The molecule has 2 nitrogen and oxygen atoms in total. The van der Waals surface area contributed by atoms with Gasteiger partial charge in [-0.25, -0.2) is 0 Å². The summed E-state index contributed by atoms with van der Waals surface area (Å²) in [5, 5.41) is 4.15. The molecule has 0 bridgehead atoms. The number of hydrogen-bond donors (Lipinski definition) is 0. The molecule has 0 aliphatic carbocycles. The number of rotatable bonds is 5. The van der Waals surface area contributed by atoms with E-state index in [0.29, 0.717) is 12.5 Å². The Hall–Kier alpha value is -1.31. The molecular formula is C13H19NO. The zero-order valence-electron chi connectivity index (χ0n) is 9.73. The van der Waals surface area contributed by atoms with Gasteiger partial charge in [0.2, 0.25) is 0 Å². The molecule has 82 valence electrons. The molecule has 0 aliphatic heterocycles. The first-order valence-corrected chi connectivity index (χ1v) is 5.46. The van der Waals surface area contributed by atoms with E-state index >= 15 is 0 Å². The minimum absolute atomic E-state index is 0.464.